The Hall–Kier alpha value is -0.770. The van der Waals surface area contributed by atoms with Crippen molar-refractivity contribution in [2.45, 2.75) is 32.7 Å². The van der Waals surface area contributed by atoms with Crippen LogP contribution in [0.25, 0.3) is 0 Å². The van der Waals surface area contributed by atoms with Crippen LogP contribution in [-0.2, 0) is 0 Å². The van der Waals surface area contributed by atoms with Crippen molar-refractivity contribution >= 4 is 6.03 Å². The smallest absolute Gasteiger partial charge is 0.317 e. The standard InChI is InChI=1S/C11H23N3O/c1-9(2)7-10-8-14(11(15)13-10)6-4-5-12-3/h9-10,12H,4-8H2,1-3H3,(H,13,15). The Morgan fingerprint density at radius 1 is 1.60 bits per heavy atom. The number of carbonyl (C=O) groups excluding carboxylic acids is 1. The van der Waals surface area contributed by atoms with Gasteiger partial charge in [-0.1, -0.05) is 13.8 Å². The highest BCUT2D eigenvalue weighted by molar-refractivity contribution is 5.76. The number of carbonyl (C=O) groups is 1. The molecule has 4 nitrogen and oxygen atoms in total. The summed E-state index contributed by atoms with van der Waals surface area (Å²) in [5.74, 6) is 0.646. The number of hydrogen-bond acceptors (Lipinski definition) is 2. The number of hydrogen-bond donors (Lipinski definition) is 2. The first-order chi connectivity index (χ1) is 7.13. The van der Waals surface area contributed by atoms with Crippen molar-refractivity contribution in [1.82, 2.24) is 15.5 Å². The molecule has 0 saturated carbocycles. The van der Waals surface area contributed by atoms with E-state index in [0.29, 0.717) is 12.0 Å². The van der Waals surface area contributed by atoms with Gasteiger partial charge in [0.2, 0.25) is 0 Å². The summed E-state index contributed by atoms with van der Waals surface area (Å²) < 4.78 is 0. The fourth-order valence-corrected chi connectivity index (χ4v) is 2.00. The van der Waals surface area contributed by atoms with E-state index in [-0.39, 0.29) is 6.03 Å². The van der Waals surface area contributed by atoms with Crippen LogP contribution in [0.4, 0.5) is 4.79 Å². The van der Waals surface area contributed by atoms with E-state index in [1.54, 1.807) is 0 Å². The van der Waals surface area contributed by atoms with Gasteiger partial charge >= 0.3 is 6.03 Å². The second-order valence-electron chi connectivity index (χ2n) is 4.68. The summed E-state index contributed by atoms with van der Waals surface area (Å²) in [6.45, 7) is 7.09. The summed E-state index contributed by atoms with van der Waals surface area (Å²) in [5, 5.41) is 6.12. The lowest BCUT2D eigenvalue weighted by Gasteiger charge is -2.15. The molecular weight excluding hydrogens is 190 g/mol. The highest BCUT2D eigenvalue weighted by Crippen LogP contribution is 2.12. The van der Waals surface area contributed by atoms with Gasteiger partial charge in [0.1, 0.15) is 0 Å². The van der Waals surface area contributed by atoms with E-state index in [4.69, 9.17) is 0 Å². The van der Waals surface area contributed by atoms with Crippen molar-refractivity contribution in [3.63, 3.8) is 0 Å². The first-order valence-electron chi connectivity index (χ1n) is 5.83. The van der Waals surface area contributed by atoms with E-state index in [1.165, 1.54) is 0 Å². The van der Waals surface area contributed by atoms with E-state index in [1.807, 2.05) is 11.9 Å². The number of nitrogens with zero attached hydrogens (tertiary/aromatic N) is 1. The van der Waals surface area contributed by atoms with Crippen molar-refractivity contribution in [1.29, 1.82) is 0 Å². The third-order valence-corrected chi connectivity index (χ3v) is 2.67. The van der Waals surface area contributed by atoms with Crippen LogP contribution < -0.4 is 10.6 Å². The van der Waals surface area contributed by atoms with Gasteiger partial charge in [0.05, 0.1) is 0 Å². The molecule has 0 aromatic heterocycles. The molecule has 1 saturated heterocycles. The van der Waals surface area contributed by atoms with Gasteiger partial charge in [-0.05, 0) is 32.4 Å². The van der Waals surface area contributed by atoms with Crippen LogP contribution in [0.15, 0.2) is 0 Å². The molecule has 1 heterocycles. The molecule has 0 aromatic rings. The topological polar surface area (TPSA) is 44.4 Å². The van der Waals surface area contributed by atoms with Gasteiger partial charge in [-0.25, -0.2) is 4.79 Å². The highest BCUT2D eigenvalue weighted by atomic mass is 16.2. The Morgan fingerprint density at radius 3 is 2.93 bits per heavy atom. The Kier molecular flexibility index (Phi) is 4.88. The minimum absolute atomic E-state index is 0.108. The summed E-state index contributed by atoms with van der Waals surface area (Å²) in [7, 11) is 1.94. The van der Waals surface area contributed by atoms with E-state index >= 15 is 0 Å². The molecule has 88 valence electrons. The number of amides is 2. The molecule has 1 aliphatic rings. The number of rotatable bonds is 6. The van der Waals surface area contributed by atoms with Crippen LogP contribution in [0.5, 0.6) is 0 Å². The zero-order valence-corrected chi connectivity index (χ0v) is 10.0. The molecule has 2 N–H and O–H groups in total. The zero-order chi connectivity index (χ0) is 11.3. The maximum Gasteiger partial charge on any atom is 0.317 e. The van der Waals surface area contributed by atoms with E-state index in [9.17, 15) is 4.79 Å². The van der Waals surface area contributed by atoms with E-state index in [0.717, 1.165) is 32.5 Å². The molecule has 15 heavy (non-hydrogen) atoms. The lowest BCUT2D eigenvalue weighted by atomic mass is 10.0. The third-order valence-electron chi connectivity index (χ3n) is 2.67. The second kappa shape index (κ2) is 5.95. The zero-order valence-electron chi connectivity index (χ0n) is 10.0. The Morgan fingerprint density at radius 2 is 2.33 bits per heavy atom. The van der Waals surface area contributed by atoms with Gasteiger partial charge < -0.3 is 15.5 Å². The highest BCUT2D eigenvalue weighted by Gasteiger charge is 2.28. The van der Waals surface area contributed by atoms with Crippen molar-refractivity contribution in [2.24, 2.45) is 5.92 Å². The van der Waals surface area contributed by atoms with Gasteiger partial charge in [0.15, 0.2) is 0 Å². The molecule has 1 fully saturated rings. The SMILES string of the molecule is CNCCCN1CC(CC(C)C)NC1=O. The molecule has 1 rings (SSSR count). The van der Waals surface area contributed by atoms with Gasteiger partial charge in [-0.3, -0.25) is 0 Å². The average molecular weight is 213 g/mol. The molecule has 0 radical (unpaired) electrons. The summed E-state index contributed by atoms with van der Waals surface area (Å²) in [5.41, 5.74) is 0. The van der Waals surface area contributed by atoms with Crippen LogP contribution in [-0.4, -0.2) is 43.7 Å². The van der Waals surface area contributed by atoms with E-state index < -0.39 is 0 Å². The molecule has 1 unspecified atom stereocenters. The fourth-order valence-electron chi connectivity index (χ4n) is 2.00. The minimum Gasteiger partial charge on any atom is -0.333 e. The van der Waals surface area contributed by atoms with Gasteiger partial charge in [0, 0.05) is 19.1 Å². The first kappa shape index (κ1) is 12.3. The first-order valence-corrected chi connectivity index (χ1v) is 5.83. The summed E-state index contributed by atoms with van der Waals surface area (Å²) in [6.07, 6.45) is 2.10. The van der Waals surface area contributed by atoms with Gasteiger partial charge in [0.25, 0.3) is 0 Å². The van der Waals surface area contributed by atoms with Crippen LogP contribution in [0, 0.1) is 5.92 Å². The molecule has 0 aromatic carbocycles. The maximum absolute atomic E-state index is 11.6. The molecule has 4 heteroatoms. The predicted octanol–water partition coefficient (Wildman–Crippen LogP) is 1.04. The second-order valence-corrected chi connectivity index (χ2v) is 4.68. The summed E-state index contributed by atoms with van der Waals surface area (Å²) >= 11 is 0. The van der Waals surface area contributed by atoms with Crippen molar-refractivity contribution in [3.05, 3.63) is 0 Å². The van der Waals surface area contributed by atoms with Crippen LogP contribution in [0.2, 0.25) is 0 Å². The van der Waals surface area contributed by atoms with Crippen LogP contribution in [0.1, 0.15) is 26.7 Å². The van der Waals surface area contributed by atoms with E-state index in [2.05, 4.69) is 24.5 Å². The molecule has 1 aliphatic heterocycles. The Labute approximate surface area is 92.4 Å². The van der Waals surface area contributed by atoms with Crippen molar-refractivity contribution < 1.29 is 4.79 Å². The summed E-state index contributed by atoms with van der Waals surface area (Å²) in [6, 6.07) is 0.462. The van der Waals surface area contributed by atoms with Gasteiger partial charge in [-0.2, -0.15) is 0 Å². The van der Waals surface area contributed by atoms with Crippen LogP contribution in [0.3, 0.4) is 0 Å². The van der Waals surface area contributed by atoms with Crippen molar-refractivity contribution in [3.8, 4) is 0 Å². The molecule has 0 bridgehead atoms. The minimum atomic E-state index is 0.108. The Balaban J connectivity index is 2.26. The monoisotopic (exact) mass is 213 g/mol. The lowest BCUT2D eigenvalue weighted by molar-refractivity contribution is 0.217. The van der Waals surface area contributed by atoms with Crippen molar-refractivity contribution in [2.75, 3.05) is 26.7 Å². The predicted molar refractivity (Wildman–Crippen MR) is 61.9 cm³/mol. The normalized spacial score (nSPS) is 21.2. The number of urea groups is 1. The molecule has 2 amide bonds. The van der Waals surface area contributed by atoms with Gasteiger partial charge in [-0.15, -0.1) is 0 Å². The molecule has 0 aliphatic carbocycles. The van der Waals surface area contributed by atoms with Crippen LogP contribution >= 0.6 is 0 Å². The lowest BCUT2D eigenvalue weighted by Crippen LogP contribution is -2.30. The average Bonchev–Trinajstić information content (AvgIpc) is 2.46. The molecule has 0 spiro atoms. The Bertz CT molecular complexity index is 206. The quantitative estimate of drug-likeness (QED) is 0.647. The summed E-state index contributed by atoms with van der Waals surface area (Å²) in [4.78, 5) is 13.5. The molecular formula is C11H23N3O. The molecule has 1 atom stereocenters. The maximum atomic E-state index is 11.6. The largest absolute Gasteiger partial charge is 0.333 e. The third kappa shape index (κ3) is 4.08. The number of nitrogens with one attached hydrogen (secondary N) is 2. The fraction of sp³-hybridized carbons (Fsp3) is 0.909.